The molecule has 3 rings (SSSR count). The number of halogens is 1. The van der Waals surface area contributed by atoms with Gasteiger partial charge in [-0.05, 0) is 35.9 Å². The second kappa shape index (κ2) is 10.3. The highest BCUT2D eigenvalue weighted by atomic mass is 35.5. The van der Waals surface area contributed by atoms with Gasteiger partial charge in [0.1, 0.15) is 18.5 Å². The number of nitrogens with zero attached hydrogens (tertiary/aromatic N) is 2. The second-order valence-corrected chi connectivity index (χ2v) is 7.23. The first-order chi connectivity index (χ1) is 13.6. The van der Waals surface area contributed by atoms with Crippen LogP contribution in [0.5, 0.6) is 5.75 Å². The summed E-state index contributed by atoms with van der Waals surface area (Å²) in [5.74, 6) is 0.746. The maximum absolute atomic E-state index is 12.4. The fourth-order valence-corrected chi connectivity index (χ4v) is 3.29. The Bertz CT molecular complexity index is 789. The molecule has 6 heteroatoms. The summed E-state index contributed by atoms with van der Waals surface area (Å²) in [6.07, 6.45) is 2.81. The normalized spacial score (nSPS) is 16.3. The van der Waals surface area contributed by atoms with E-state index in [9.17, 15) is 9.90 Å². The smallest absolute Gasteiger partial charge is 0.246 e. The zero-order valence-electron chi connectivity index (χ0n) is 15.7. The molecular weight excluding hydrogens is 376 g/mol. The van der Waals surface area contributed by atoms with Crippen LogP contribution in [-0.4, -0.2) is 66.2 Å². The molecule has 1 heterocycles. The third-order valence-electron chi connectivity index (χ3n) is 4.61. The van der Waals surface area contributed by atoms with Gasteiger partial charge in [0, 0.05) is 43.8 Å². The van der Waals surface area contributed by atoms with Gasteiger partial charge in [0.25, 0.3) is 0 Å². The molecule has 0 radical (unpaired) electrons. The number of amides is 1. The first-order valence-electron chi connectivity index (χ1n) is 9.41. The Balaban J connectivity index is 1.39. The van der Waals surface area contributed by atoms with E-state index in [0.29, 0.717) is 24.7 Å². The molecule has 2 aromatic rings. The number of ether oxygens (including phenoxy) is 1. The predicted octanol–water partition coefficient (Wildman–Crippen LogP) is 2.94. The summed E-state index contributed by atoms with van der Waals surface area (Å²) in [5, 5.41) is 10.9. The van der Waals surface area contributed by atoms with Gasteiger partial charge in [-0.2, -0.15) is 0 Å². The van der Waals surface area contributed by atoms with Crippen molar-refractivity contribution in [1.29, 1.82) is 0 Å². The number of carbonyl (C=O) groups is 1. The maximum atomic E-state index is 12.4. The van der Waals surface area contributed by atoms with Gasteiger partial charge in [-0.1, -0.05) is 41.9 Å². The van der Waals surface area contributed by atoms with Crippen LogP contribution in [-0.2, 0) is 4.79 Å². The third-order valence-corrected chi connectivity index (χ3v) is 4.84. The number of para-hydroxylation sites is 1. The minimum atomic E-state index is -0.565. The first-order valence-corrected chi connectivity index (χ1v) is 9.79. The maximum Gasteiger partial charge on any atom is 0.246 e. The van der Waals surface area contributed by atoms with Crippen molar-refractivity contribution in [3.8, 4) is 5.75 Å². The monoisotopic (exact) mass is 400 g/mol. The Hall–Kier alpha value is -2.34. The lowest BCUT2D eigenvalue weighted by atomic mass is 10.2. The number of β-amino-alcohol motifs (C(OH)–C–C–N with tert-alkyl or cyclic N) is 1. The first kappa shape index (κ1) is 20.4. The van der Waals surface area contributed by atoms with E-state index in [4.69, 9.17) is 16.3 Å². The fourth-order valence-electron chi connectivity index (χ4n) is 3.09. The van der Waals surface area contributed by atoms with Gasteiger partial charge in [0.2, 0.25) is 5.91 Å². The van der Waals surface area contributed by atoms with Gasteiger partial charge < -0.3 is 14.7 Å². The minimum absolute atomic E-state index is 0.00687. The molecular formula is C22H25ClN2O3. The van der Waals surface area contributed by atoms with Crippen LogP contribution < -0.4 is 4.74 Å². The fraction of sp³-hybridized carbons (Fsp3) is 0.318. The lowest BCUT2D eigenvalue weighted by Gasteiger charge is -2.35. The number of carbonyl (C=O) groups excluding carboxylic acids is 1. The molecule has 0 aromatic heterocycles. The lowest BCUT2D eigenvalue weighted by molar-refractivity contribution is -0.127. The Morgan fingerprint density at radius 2 is 1.86 bits per heavy atom. The van der Waals surface area contributed by atoms with Crippen molar-refractivity contribution in [1.82, 2.24) is 9.80 Å². The van der Waals surface area contributed by atoms with E-state index in [0.717, 1.165) is 24.4 Å². The van der Waals surface area contributed by atoms with Gasteiger partial charge in [-0.3, -0.25) is 9.69 Å². The van der Waals surface area contributed by atoms with Gasteiger partial charge in [-0.15, -0.1) is 0 Å². The van der Waals surface area contributed by atoms with E-state index < -0.39 is 6.10 Å². The van der Waals surface area contributed by atoms with E-state index >= 15 is 0 Å². The molecule has 0 bridgehead atoms. The summed E-state index contributed by atoms with van der Waals surface area (Å²) < 4.78 is 5.59. The quantitative estimate of drug-likeness (QED) is 0.726. The summed E-state index contributed by atoms with van der Waals surface area (Å²) in [4.78, 5) is 16.3. The Morgan fingerprint density at radius 3 is 2.57 bits per heavy atom. The molecule has 1 amide bonds. The Morgan fingerprint density at radius 1 is 1.11 bits per heavy atom. The minimum Gasteiger partial charge on any atom is -0.491 e. The molecule has 2 aromatic carbocycles. The van der Waals surface area contributed by atoms with Gasteiger partial charge in [0.15, 0.2) is 0 Å². The number of piperazine rings is 1. The van der Waals surface area contributed by atoms with Crippen molar-refractivity contribution < 1.29 is 14.6 Å². The number of aliphatic hydroxyl groups is 1. The van der Waals surface area contributed by atoms with E-state index in [2.05, 4.69) is 4.90 Å². The predicted molar refractivity (Wildman–Crippen MR) is 111 cm³/mol. The van der Waals surface area contributed by atoms with Crippen LogP contribution in [0.4, 0.5) is 0 Å². The summed E-state index contributed by atoms with van der Waals surface area (Å²) in [6, 6.07) is 16.9. The van der Waals surface area contributed by atoms with Crippen molar-refractivity contribution in [3.63, 3.8) is 0 Å². The number of aliphatic hydroxyl groups excluding tert-OH is 1. The summed E-state index contributed by atoms with van der Waals surface area (Å²) >= 11 is 5.96. The third kappa shape index (κ3) is 6.37. The number of hydrogen-bond donors (Lipinski definition) is 1. The molecule has 0 aliphatic carbocycles. The van der Waals surface area contributed by atoms with Crippen LogP contribution >= 0.6 is 11.6 Å². The topological polar surface area (TPSA) is 53.0 Å². The van der Waals surface area contributed by atoms with E-state index in [1.54, 1.807) is 18.2 Å². The lowest BCUT2D eigenvalue weighted by Crippen LogP contribution is -2.50. The Kier molecular flexibility index (Phi) is 7.48. The van der Waals surface area contributed by atoms with Gasteiger partial charge in [-0.25, -0.2) is 0 Å². The summed E-state index contributed by atoms with van der Waals surface area (Å²) in [6.45, 7) is 3.55. The van der Waals surface area contributed by atoms with Crippen LogP contribution in [0.2, 0.25) is 5.02 Å². The van der Waals surface area contributed by atoms with E-state index in [-0.39, 0.29) is 12.5 Å². The number of benzene rings is 2. The number of hydrogen-bond acceptors (Lipinski definition) is 4. The van der Waals surface area contributed by atoms with Crippen LogP contribution in [0, 0.1) is 0 Å². The van der Waals surface area contributed by atoms with Crippen molar-refractivity contribution in [2.45, 2.75) is 6.10 Å². The van der Waals surface area contributed by atoms with Crippen molar-refractivity contribution in [3.05, 3.63) is 71.3 Å². The van der Waals surface area contributed by atoms with E-state index in [1.165, 1.54) is 0 Å². The van der Waals surface area contributed by atoms with Crippen molar-refractivity contribution in [2.24, 2.45) is 0 Å². The molecule has 1 aliphatic heterocycles. The molecule has 0 spiro atoms. The molecule has 1 unspecified atom stereocenters. The average Bonchev–Trinajstić information content (AvgIpc) is 2.72. The molecule has 28 heavy (non-hydrogen) atoms. The zero-order valence-corrected chi connectivity index (χ0v) is 16.5. The van der Waals surface area contributed by atoms with Crippen molar-refractivity contribution in [2.75, 3.05) is 39.3 Å². The van der Waals surface area contributed by atoms with Crippen LogP contribution in [0.25, 0.3) is 6.08 Å². The van der Waals surface area contributed by atoms with Crippen LogP contribution in [0.3, 0.4) is 0 Å². The standard InChI is InChI=1S/C22H25ClN2O3/c23-19-6-4-5-18(15-19)9-10-22(27)25-13-11-24(12-14-25)16-20(26)17-28-21-7-2-1-3-8-21/h1-10,15,20,26H,11-14,16-17H2. The van der Waals surface area contributed by atoms with Crippen molar-refractivity contribution >= 4 is 23.6 Å². The molecule has 1 aliphatic rings. The SMILES string of the molecule is O=C(C=Cc1cccc(Cl)c1)N1CCN(CC(O)COc2ccccc2)CC1. The molecule has 148 valence electrons. The largest absolute Gasteiger partial charge is 0.491 e. The second-order valence-electron chi connectivity index (χ2n) is 6.79. The van der Waals surface area contributed by atoms with Gasteiger partial charge in [0.05, 0.1) is 0 Å². The highest BCUT2D eigenvalue weighted by Gasteiger charge is 2.21. The highest BCUT2D eigenvalue weighted by molar-refractivity contribution is 6.30. The van der Waals surface area contributed by atoms with Gasteiger partial charge >= 0.3 is 0 Å². The molecule has 1 atom stereocenters. The Labute approximate surface area is 170 Å². The number of rotatable bonds is 7. The molecule has 1 saturated heterocycles. The zero-order chi connectivity index (χ0) is 19.8. The molecule has 5 nitrogen and oxygen atoms in total. The molecule has 0 saturated carbocycles. The molecule has 1 fully saturated rings. The average molecular weight is 401 g/mol. The van der Waals surface area contributed by atoms with Crippen LogP contribution in [0.1, 0.15) is 5.56 Å². The van der Waals surface area contributed by atoms with E-state index in [1.807, 2.05) is 53.4 Å². The van der Waals surface area contributed by atoms with Crippen LogP contribution in [0.15, 0.2) is 60.7 Å². The highest BCUT2D eigenvalue weighted by Crippen LogP contribution is 2.13. The summed E-state index contributed by atoms with van der Waals surface area (Å²) in [5.41, 5.74) is 0.904. The molecule has 1 N–H and O–H groups in total. The summed E-state index contributed by atoms with van der Waals surface area (Å²) in [7, 11) is 0.